The van der Waals surface area contributed by atoms with Gasteiger partial charge in [-0.25, -0.2) is 0 Å². The number of carbonyl (C=O) groups is 2. The Morgan fingerprint density at radius 1 is 1.24 bits per heavy atom. The van der Waals surface area contributed by atoms with E-state index in [4.69, 9.17) is 0 Å². The van der Waals surface area contributed by atoms with Gasteiger partial charge in [0.15, 0.2) is 0 Å². The molecule has 0 aliphatic carbocycles. The zero-order chi connectivity index (χ0) is 14.8. The first-order chi connectivity index (χ1) is 10.2. The van der Waals surface area contributed by atoms with Crippen molar-refractivity contribution in [2.45, 2.75) is 25.9 Å². The standard InChI is InChI=1S/C16H16N2O2S/c1-2-13-16(20)18(9-11-7-8-21-10-11)14-6-4-3-5-12(14)15(19)17-13/h3-8,10,13H,2,9H2,1H3,(H,17,19). The van der Waals surface area contributed by atoms with E-state index in [1.165, 1.54) is 0 Å². The molecule has 2 aromatic rings. The van der Waals surface area contributed by atoms with Crippen molar-refractivity contribution in [3.05, 3.63) is 52.2 Å². The van der Waals surface area contributed by atoms with Gasteiger partial charge in [-0.1, -0.05) is 19.1 Å². The third-order valence-corrected chi connectivity index (χ3v) is 4.37. The van der Waals surface area contributed by atoms with Gasteiger partial charge in [0.05, 0.1) is 17.8 Å². The fourth-order valence-electron chi connectivity index (χ4n) is 2.51. The van der Waals surface area contributed by atoms with Crippen LogP contribution in [0.4, 0.5) is 5.69 Å². The summed E-state index contributed by atoms with van der Waals surface area (Å²) in [5.41, 5.74) is 2.31. The maximum atomic E-state index is 12.7. The van der Waals surface area contributed by atoms with Gasteiger partial charge in [0.2, 0.25) is 5.91 Å². The second-order valence-corrected chi connectivity index (χ2v) is 5.79. The maximum Gasteiger partial charge on any atom is 0.254 e. The molecule has 2 amide bonds. The molecule has 1 unspecified atom stereocenters. The van der Waals surface area contributed by atoms with Gasteiger partial charge in [-0.15, -0.1) is 0 Å². The molecule has 0 radical (unpaired) electrons. The number of hydrogen-bond donors (Lipinski definition) is 1. The number of benzene rings is 1. The van der Waals surface area contributed by atoms with E-state index in [-0.39, 0.29) is 11.8 Å². The minimum Gasteiger partial charge on any atom is -0.340 e. The smallest absolute Gasteiger partial charge is 0.254 e. The van der Waals surface area contributed by atoms with Crippen LogP contribution in [0.25, 0.3) is 0 Å². The van der Waals surface area contributed by atoms with Crippen LogP contribution in [0, 0.1) is 0 Å². The van der Waals surface area contributed by atoms with E-state index in [9.17, 15) is 9.59 Å². The molecule has 2 heterocycles. The topological polar surface area (TPSA) is 49.4 Å². The summed E-state index contributed by atoms with van der Waals surface area (Å²) in [6.07, 6.45) is 0.582. The molecule has 0 fully saturated rings. The van der Waals surface area contributed by atoms with Crippen molar-refractivity contribution in [1.29, 1.82) is 0 Å². The first-order valence-electron chi connectivity index (χ1n) is 6.93. The van der Waals surface area contributed by atoms with Crippen molar-refractivity contribution < 1.29 is 9.59 Å². The largest absolute Gasteiger partial charge is 0.340 e. The molecule has 1 aliphatic heterocycles. The van der Waals surface area contributed by atoms with E-state index in [2.05, 4.69) is 5.32 Å². The molecule has 1 aromatic heterocycles. The molecule has 4 nitrogen and oxygen atoms in total. The lowest BCUT2D eigenvalue weighted by Crippen LogP contribution is -2.45. The number of nitrogens with one attached hydrogen (secondary N) is 1. The number of nitrogens with zero attached hydrogens (tertiary/aromatic N) is 1. The van der Waals surface area contributed by atoms with E-state index in [0.717, 1.165) is 5.56 Å². The molecule has 1 aromatic carbocycles. The van der Waals surface area contributed by atoms with Crippen LogP contribution in [-0.4, -0.2) is 17.9 Å². The average molecular weight is 300 g/mol. The van der Waals surface area contributed by atoms with E-state index in [0.29, 0.717) is 24.2 Å². The molecule has 5 heteroatoms. The van der Waals surface area contributed by atoms with E-state index < -0.39 is 6.04 Å². The quantitative estimate of drug-likeness (QED) is 0.947. The number of anilines is 1. The first kappa shape index (κ1) is 13.8. The molecule has 3 rings (SSSR count). The second-order valence-electron chi connectivity index (χ2n) is 5.01. The summed E-state index contributed by atoms with van der Waals surface area (Å²) in [7, 11) is 0. The number of fused-ring (bicyclic) bond motifs is 1. The van der Waals surface area contributed by atoms with Crippen molar-refractivity contribution in [3.63, 3.8) is 0 Å². The highest BCUT2D eigenvalue weighted by Gasteiger charge is 2.32. The number of hydrogen-bond acceptors (Lipinski definition) is 3. The zero-order valence-corrected chi connectivity index (χ0v) is 12.5. The number of para-hydroxylation sites is 1. The molecule has 0 spiro atoms. The van der Waals surface area contributed by atoms with Crippen LogP contribution < -0.4 is 10.2 Å². The van der Waals surface area contributed by atoms with Crippen molar-refractivity contribution in [3.8, 4) is 0 Å². The third-order valence-electron chi connectivity index (χ3n) is 3.64. The van der Waals surface area contributed by atoms with Crippen LogP contribution >= 0.6 is 11.3 Å². The Kier molecular flexibility index (Phi) is 3.75. The minimum atomic E-state index is -0.469. The van der Waals surface area contributed by atoms with E-state index in [1.807, 2.05) is 41.9 Å². The maximum absolute atomic E-state index is 12.7. The molecule has 0 bridgehead atoms. The minimum absolute atomic E-state index is 0.0537. The number of rotatable bonds is 3. The lowest BCUT2D eigenvalue weighted by atomic mass is 10.1. The van der Waals surface area contributed by atoms with Gasteiger partial charge in [-0.2, -0.15) is 11.3 Å². The molecule has 1 atom stereocenters. The van der Waals surface area contributed by atoms with Crippen molar-refractivity contribution in [2.75, 3.05) is 4.90 Å². The molecule has 1 aliphatic rings. The van der Waals surface area contributed by atoms with Gasteiger partial charge in [-0.05, 0) is 40.9 Å². The van der Waals surface area contributed by atoms with Gasteiger partial charge in [-0.3, -0.25) is 9.59 Å². The fraction of sp³-hybridized carbons (Fsp3) is 0.250. The second kappa shape index (κ2) is 5.69. The van der Waals surface area contributed by atoms with Crippen molar-refractivity contribution in [2.24, 2.45) is 0 Å². The Labute approximate surface area is 127 Å². The highest BCUT2D eigenvalue weighted by Crippen LogP contribution is 2.27. The third kappa shape index (κ3) is 2.56. The normalized spacial score (nSPS) is 18.1. The number of carbonyl (C=O) groups excluding carboxylic acids is 2. The molecule has 0 saturated carbocycles. The van der Waals surface area contributed by atoms with Gasteiger partial charge < -0.3 is 10.2 Å². The Hall–Kier alpha value is -2.14. The van der Waals surface area contributed by atoms with Crippen LogP contribution in [0.5, 0.6) is 0 Å². The van der Waals surface area contributed by atoms with Gasteiger partial charge in [0, 0.05) is 0 Å². The molecular weight excluding hydrogens is 284 g/mol. The molecule has 21 heavy (non-hydrogen) atoms. The molecule has 1 N–H and O–H groups in total. The predicted octanol–water partition coefficient (Wildman–Crippen LogP) is 2.80. The van der Waals surface area contributed by atoms with Crippen LogP contribution in [0.2, 0.25) is 0 Å². The summed E-state index contributed by atoms with van der Waals surface area (Å²) in [6, 6.07) is 8.79. The van der Waals surface area contributed by atoms with Gasteiger partial charge >= 0.3 is 0 Å². The molecule has 108 valence electrons. The lowest BCUT2D eigenvalue weighted by Gasteiger charge is -2.24. The number of thiophene rings is 1. The van der Waals surface area contributed by atoms with Crippen LogP contribution in [0.3, 0.4) is 0 Å². The van der Waals surface area contributed by atoms with Gasteiger partial charge in [0.1, 0.15) is 6.04 Å². The van der Waals surface area contributed by atoms with E-state index in [1.54, 1.807) is 22.3 Å². The van der Waals surface area contributed by atoms with Gasteiger partial charge in [0.25, 0.3) is 5.91 Å². The summed E-state index contributed by atoms with van der Waals surface area (Å²) in [5.74, 6) is -0.236. The Bertz CT molecular complexity index is 667. The lowest BCUT2D eigenvalue weighted by molar-refractivity contribution is -0.120. The summed E-state index contributed by atoms with van der Waals surface area (Å²) < 4.78 is 0. The summed E-state index contributed by atoms with van der Waals surface area (Å²) >= 11 is 1.60. The molecular formula is C16H16N2O2S. The summed E-state index contributed by atoms with van der Waals surface area (Å²) in [5, 5.41) is 6.83. The Balaban J connectivity index is 2.06. The predicted molar refractivity (Wildman–Crippen MR) is 83.5 cm³/mol. The van der Waals surface area contributed by atoms with Crippen molar-refractivity contribution in [1.82, 2.24) is 5.32 Å². The zero-order valence-electron chi connectivity index (χ0n) is 11.7. The van der Waals surface area contributed by atoms with Crippen LogP contribution in [-0.2, 0) is 11.3 Å². The number of amides is 2. The van der Waals surface area contributed by atoms with Crippen LogP contribution in [0.1, 0.15) is 29.3 Å². The molecule has 0 saturated heterocycles. The van der Waals surface area contributed by atoms with Crippen LogP contribution in [0.15, 0.2) is 41.1 Å². The summed E-state index contributed by atoms with van der Waals surface area (Å²) in [6.45, 7) is 2.40. The van der Waals surface area contributed by atoms with E-state index >= 15 is 0 Å². The van der Waals surface area contributed by atoms with Crippen molar-refractivity contribution >= 4 is 28.8 Å². The average Bonchev–Trinajstić information content (AvgIpc) is 2.99. The highest BCUT2D eigenvalue weighted by atomic mass is 32.1. The Morgan fingerprint density at radius 3 is 2.76 bits per heavy atom. The highest BCUT2D eigenvalue weighted by molar-refractivity contribution is 7.07. The monoisotopic (exact) mass is 300 g/mol. The SMILES string of the molecule is CCC1NC(=O)c2ccccc2N(Cc2ccsc2)C1=O. The fourth-order valence-corrected chi connectivity index (χ4v) is 3.17. The Morgan fingerprint density at radius 2 is 2.05 bits per heavy atom. The summed E-state index contributed by atoms with van der Waals surface area (Å²) in [4.78, 5) is 26.7. The first-order valence-corrected chi connectivity index (χ1v) is 7.87.